The number of ether oxygens (including phenoxy) is 2. The maximum Gasteiger partial charge on any atom is 0.246 e. The third kappa shape index (κ3) is 4.72. The van der Waals surface area contributed by atoms with Gasteiger partial charge in [0, 0.05) is 44.4 Å². The lowest BCUT2D eigenvalue weighted by Crippen LogP contribution is -2.47. The molecule has 0 N–H and O–H groups in total. The second-order valence-electron chi connectivity index (χ2n) is 7.66. The van der Waals surface area contributed by atoms with Gasteiger partial charge in [-0.05, 0) is 28.5 Å². The zero-order valence-electron chi connectivity index (χ0n) is 18.1. The number of carbonyl (C=O) groups excluding carboxylic acids is 1. The van der Waals surface area contributed by atoms with E-state index in [0.29, 0.717) is 11.5 Å². The van der Waals surface area contributed by atoms with Crippen molar-refractivity contribution < 1.29 is 14.3 Å². The Morgan fingerprint density at radius 1 is 0.903 bits per heavy atom. The molecule has 1 aliphatic heterocycles. The van der Waals surface area contributed by atoms with Crippen LogP contribution in [0.15, 0.2) is 66.7 Å². The van der Waals surface area contributed by atoms with E-state index in [-0.39, 0.29) is 5.91 Å². The smallest absolute Gasteiger partial charge is 0.246 e. The van der Waals surface area contributed by atoms with Gasteiger partial charge < -0.3 is 14.4 Å². The molecule has 0 bridgehead atoms. The van der Waals surface area contributed by atoms with E-state index >= 15 is 0 Å². The molecule has 0 radical (unpaired) electrons. The molecule has 0 saturated carbocycles. The average molecular weight is 417 g/mol. The third-order valence-corrected chi connectivity index (χ3v) is 5.80. The Morgan fingerprint density at radius 2 is 1.65 bits per heavy atom. The first-order chi connectivity index (χ1) is 15.2. The first-order valence-corrected chi connectivity index (χ1v) is 10.6. The summed E-state index contributed by atoms with van der Waals surface area (Å²) >= 11 is 0. The summed E-state index contributed by atoms with van der Waals surface area (Å²) in [7, 11) is 3.21. The number of hydrogen-bond acceptors (Lipinski definition) is 4. The molecular formula is C26H28N2O3. The second kappa shape index (κ2) is 9.67. The molecule has 4 rings (SSSR count). The van der Waals surface area contributed by atoms with E-state index in [1.165, 1.54) is 16.3 Å². The summed E-state index contributed by atoms with van der Waals surface area (Å²) in [6, 6.07) is 20.6. The van der Waals surface area contributed by atoms with Gasteiger partial charge in [0.15, 0.2) is 11.5 Å². The summed E-state index contributed by atoms with van der Waals surface area (Å²) in [6.07, 6.45) is 3.42. The molecule has 0 spiro atoms. The van der Waals surface area contributed by atoms with Crippen LogP contribution in [0.5, 0.6) is 11.5 Å². The summed E-state index contributed by atoms with van der Waals surface area (Å²) in [5.74, 6) is 1.31. The van der Waals surface area contributed by atoms with Gasteiger partial charge in [-0.2, -0.15) is 0 Å². The van der Waals surface area contributed by atoms with Gasteiger partial charge in [0.2, 0.25) is 5.91 Å². The SMILES string of the molecule is COc1cccc(/C=C/C(=O)N2CCN(Cc3cccc4ccccc34)CC2)c1OC. The maximum absolute atomic E-state index is 12.7. The van der Waals surface area contributed by atoms with Crippen molar-refractivity contribution in [2.45, 2.75) is 6.54 Å². The van der Waals surface area contributed by atoms with E-state index in [9.17, 15) is 4.79 Å². The lowest BCUT2D eigenvalue weighted by molar-refractivity contribution is -0.127. The Morgan fingerprint density at radius 3 is 2.42 bits per heavy atom. The lowest BCUT2D eigenvalue weighted by atomic mass is 10.0. The van der Waals surface area contributed by atoms with Gasteiger partial charge in [0.1, 0.15) is 0 Å². The minimum absolute atomic E-state index is 0.0229. The highest BCUT2D eigenvalue weighted by Crippen LogP contribution is 2.31. The molecule has 0 aromatic heterocycles. The predicted molar refractivity (Wildman–Crippen MR) is 124 cm³/mol. The number of benzene rings is 3. The predicted octanol–water partition coefficient (Wildman–Crippen LogP) is 4.21. The molecular weight excluding hydrogens is 388 g/mol. The van der Waals surface area contributed by atoms with Crippen LogP contribution >= 0.6 is 0 Å². The Hall–Kier alpha value is -3.31. The minimum atomic E-state index is 0.0229. The number of methoxy groups -OCH3 is 2. The fourth-order valence-corrected chi connectivity index (χ4v) is 4.11. The van der Waals surface area contributed by atoms with Crippen molar-refractivity contribution >= 4 is 22.8 Å². The largest absolute Gasteiger partial charge is 0.493 e. The minimum Gasteiger partial charge on any atom is -0.493 e. The molecule has 1 aliphatic rings. The fraction of sp³-hybridized carbons (Fsp3) is 0.269. The summed E-state index contributed by atoms with van der Waals surface area (Å²) < 4.78 is 10.8. The third-order valence-electron chi connectivity index (χ3n) is 5.80. The molecule has 0 unspecified atom stereocenters. The zero-order valence-corrected chi connectivity index (χ0v) is 18.1. The molecule has 5 heteroatoms. The van der Waals surface area contributed by atoms with Crippen molar-refractivity contribution in [3.8, 4) is 11.5 Å². The average Bonchev–Trinajstić information content (AvgIpc) is 2.83. The molecule has 0 atom stereocenters. The van der Waals surface area contributed by atoms with Crippen LogP contribution < -0.4 is 9.47 Å². The molecule has 3 aromatic rings. The van der Waals surface area contributed by atoms with Crippen molar-refractivity contribution in [1.82, 2.24) is 9.80 Å². The summed E-state index contributed by atoms with van der Waals surface area (Å²) in [6.45, 7) is 4.09. The Kier molecular flexibility index (Phi) is 6.53. The van der Waals surface area contributed by atoms with Crippen molar-refractivity contribution in [2.75, 3.05) is 40.4 Å². The number of carbonyl (C=O) groups is 1. The van der Waals surface area contributed by atoms with Crippen molar-refractivity contribution in [1.29, 1.82) is 0 Å². The van der Waals surface area contributed by atoms with E-state index < -0.39 is 0 Å². The molecule has 1 fully saturated rings. The number of piperazine rings is 1. The van der Waals surface area contributed by atoms with E-state index in [4.69, 9.17) is 9.47 Å². The van der Waals surface area contributed by atoms with E-state index in [1.54, 1.807) is 26.4 Å². The van der Waals surface area contributed by atoms with Crippen molar-refractivity contribution in [3.63, 3.8) is 0 Å². The van der Waals surface area contributed by atoms with Crippen molar-refractivity contribution in [3.05, 3.63) is 77.9 Å². The zero-order chi connectivity index (χ0) is 21.6. The Balaban J connectivity index is 1.37. The van der Waals surface area contributed by atoms with Crippen LogP contribution in [0.4, 0.5) is 0 Å². The molecule has 0 aliphatic carbocycles. The van der Waals surface area contributed by atoms with Gasteiger partial charge in [-0.3, -0.25) is 9.69 Å². The molecule has 1 amide bonds. The summed E-state index contributed by atoms with van der Waals surface area (Å²) in [4.78, 5) is 17.0. The van der Waals surface area contributed by atoms with Crippen LogP contribution in [0, 0.1) is 0 Å². The highest BCUT2D eigenvalue weighted by molar-refractivity contribution is 5.92. The van der Waals surface area contributed by atoms with Crippen LogP contribution in [0.1, 0.15) is 11.1 Å². The van der Waals surface area contributed by atoms with Gasteiger partial charge in [0.25, 0.3) is 0 Å². The first kappa shape index (κ1) is 20.9. The number of rotatable bonds is 6. The molecule has 1 saturated heterocycles. The number of amides is 1. The number of hydrogen-bond donors (Lipinski definition) is 0. The quantitative estimate of drug-likeness (QED) is 0.565. The first-order valence-electron chi connectivity index (χ1n) is 10.6. The van der Waals surface area contributed by atoms with Gasteiger partial charge in [0.05, 0.1) is 14.2 Å². The Bertz CT molecular complexity index is 1080. The van der Waals surface area contributed by atoms with Crippen LogP contribution in [0.3, 0.4) is 0 Å². The standard InChI is InChI=1S/C26H28N2O3/c1-30-24-12-6-9-21(26(24)31-2)13-14-25(29)28-17-15-27(16-18-28)19-22-10-5-8-20-7-3-4-11-23(20)22/h3-14H,15-19H2,1-2H3/b14-13+. The summed E-state index contributed by atoms with van der Waals surface area (Å²) in [5, 5.41) is 2.57. The van der Waals surface area contributed by atoms with E-state index in [2.05, 4.69) is 47.4 Å². The lowest BCUT2D eigenvalue weighted by Gasteiger charge is -2.34. The van der Waals surface area contributed by atoms with Crippen molar-refractivity contribution in [2.24, 2.45) is 0 Å². The second-order valence-corrected chi connectivity index (χ2v) is 7.66. The van der Waals surface area contributed by atoms with Gasteiger partial charge >= 0.3 is 0 Å². The number of para-hydroxylation sites is 1. The van der Waals surface area contributed by atoms with Crippen LogP contribution in [-0.2, 0) is 11.3 Å². The summed E-state index contributed by atoms with van der Waals surface area (Å²) in [5.41, 5.74) is 2.16. The fourth-order valence-electron chi connectivity index (χ4n) is 4.11. The highest BCUT2D eigenvalue weighted by atomic mass is 16.5. The number of nitrogens with zero attached hydrogens (tertiary/aromatic N) is 2. The highest BCUT2D eigenvalue weighted by Gasteiger charge is 2.20. The number of fused-ring (bicyclic) bond motifs is 1. The molecule has 1 heterocycles. The molecule has 160 valence electrons. The van der Waals surface area contributed by atoms with E-state index in [1.807, 2.05) is 23.1 Å². The monoisotopic (exact) mass is 416 g/mol. The van der Waals surface area contributed by atoms with Crippen LogP contribution in [0.2, 0.25) is 0 Å². The van der Waals surface area contributed by atoms with Crippen LogP contribution in [0.25, 0.3) is 16.8 Å². The van der Waals surface area contributed by atoms with E-state index in [0.717, 1.165) is 38.3 Å². The van der Waals surface area contributed by atoms with Gasteiger partial charge in [-0.25, -0.2) is 0 Å². The molecule has 5 nitrogen and oxygen atoms in total. The Labute approximate surface area is 183 Å². The molecule has 31 heavy (non-hydrogen) atoms. The topological polar surface area (TPSA) is 42.0 Å². The molecule has 3 aromatic carbocycles. The van der Waals surface area contributed by atoms with Gasteiger partial charge in [-0.1, -0.05) is 54.6 Å². The normalized spacial score (nSPS) is 14.8. The van der Waals surface area contributed by atoms with Gasteiger partial charge in [-0.15, -0.1) is 0 Å². The maximum atomic E-state index is 12.7. The van der Waals surface area contributed by atoms with Crippen LogP contribution in [-0.4, -0.2) is 56.1 Å².